The van der Waals surface area contributed by atoms with Crippen LogP contribution in [0, 0.1) is 5.82 Å². The monoisotopic (exact) mass is 381 g/mol. The Morgan fingerprint density at radius 3 is 2.66 bits per heavy atom. The van der Waals surface area contributed by atoms with E-state index in [2.05, 4.69) is 40.4 Å². The van der Waals surface area contributed by atoms with Gasteiger partial charge in [0.1, 0.15) is 5.82 Å². The maximum Gasteiger partial charge on any atom is 0.138 e. The number of fused-ring (bicyclic) bond motifs is 2. The van der Waals surface area contributed by atoms with Crippen molar-refractivity contribution >= 4 is 16.3 Å². The first-order chi connectivity index (χ1) is 14.2. The lowest BCUT2D eigenvalue weighted by atomic mass is 9.91. The molecule has 4 heteroatoms. The molecule has 3 aromatic carbocycles. The Labute approximate surface area is 169 Å². The summed E-state index contributed by atoms with van der Waals surface area (Å²) in [5, 5.41) is 9.78. The van der Waals surface area contributed by atoms with Gasteiger partial charge in [-0.25, -0.2) is 4.39 Å². The Bertz CT molecular complexity index is 1230. The van der Waals surface area contributed by atoms with Crippen molar-refractivity contribution in [3.8, 4) is 11.3 Å². The van der Waals surface area contributed by atoms with Gasteiger partial charge in [0.05, 0.1) is 5.69 Å². The predicted molar refractivity (Wildman–Crippen MR) is 115 cm³/mol. The third kappa shape index (κ3) is 3.22. The van der Waals surface area contributed by atoms with Gasteiger partial charge in [0.2, 0.25) is 0 Å². The van der Waals surface area contributed by atoms with E-state index in [1.165, 1.54) is 0 Å². The molecule has 2 heterocycles. The molecule has 0 aliphatic carbocycles. The highest BCUT2D eigenvalue weighted by Crippen LogP contribution is 2.35. The van der Waals surface area contributed by atoms with Crippen molar-refractivity contribution in [3.05, 3.63) is 102 Å². The first-order valence-electron chi connectivity index (χ1n) is 9.68. The molecular formula is C25H20FN3. The molecule has 1 aromatic heterocycles. The van der Waals surface area contributed by atoms with E-state index >= 15 is 4.39 Å². The van der Waals surface area contributed by atoms with Crippen LogP contribution in [0.2, 0.25) is 0 Å². The topological polar surface area (TPSA) is 29.0 Å². The van der Waals surface area contributed by atoms with Gasteiger partial charge < -0.3 is 0 Å². The molecular weight excluding hydrogens is 361 g/mol. The fourth-order valence-corrected chi connectivity index (χ4v) is 4.01. The first-order valence-corrected chi connectivity index (χ1v) is 9.68. The average Bonchev–Trinajstić information content (AvgIpc) is 2.92. The lowest BCUT2D eigenvalue weighted by molar-refractivity contribution is 0.366. The molecule has 0 atom stereocenters. The van der Waals surface area contributed by atoms with Crippen LogP contribution in [0.1, 0.15) is 16.7 Å². The van der Waals surface area contributed by atoms with Gasteiger partial charge in [-0.2, -0.15) is 10.2 Å². The number of benzene rings is 3. The molecule has 29 heavy (non-hydrogen) atoms. The van der Waals surface area contributed by atoms with Crippen molar-refractivity contribution in [2.75, 3.05) is 13.6 Å². The van der Waals surface area contributed by atoms with Gasteiger partial charge >= 0.3 is 0 Å². The van der Waals surface area contributed by atoms with Crippen molar-refractivity contribution in [2.24, 2.45) is 0 Å². The summed E-state index contributed by atoms with van der Waals surface area (Å²) in [6.45, 7) is 1.55. The zero-order valence-corrected chi connectivity index (χ0v) is 16.1. The van der Waals surface area contributed by atoms with Crippen molar-refractivity contribution in [2.45, 2.75) is 6.54 Å². The van der Waals surface area contributed by atoms with E-state index in [0.717, 1.165) is 46.4 Å². The Balaban J connectivity index is 1.67. The average molecular weight is 381 g/mol. The number of nitrogens with zero attached hydrogens (tertiary/aromatic N) is 3. The van der Waals surface area contributed by atoms with Gasteiger partial charge in [-0.05, 0) is 47.3 Å². The molecule has 0 bridgehead atoms. The van der Waals surface area contributed by atoms with Crippen LogP contribution in [-0.4, -0.2) is 28.7 Å². The van der Waals surface area contributed by atoms with Gasteiger partial charge in [0.25, 0.3) is 0 Å². The van der Waals surface area contributed by atoms with Crippen molar-refractivity contribution in [1.29, 1.82) is 0 Å². The number of halogens is 1. The van der Waals surface area contributed by atoms with Crippen LogP contribution in [0.25, 0.3) is 27.6 Å². The molecule has 1 aliphatic heterocycles. The highest BCUT2D eigenvalue weighted by molar-refractivity contribution is 5.91. The minimum atomic E-state index is -0.164. The number of hydrogen-bond acceptors (Lipinski definition) is 3. The van der Waals surface area contributed by atoms with E-state index in [1.54, 1.807) is 6.20 Å². The second-order valence-corrected chi connectivity index (χ2v) is 7.44. The van der Waals surface area contributed by atoms with Crippen LogP contribution in [0.15, 0.2) is 79.0 Å². The summed E-state index contributed by atoms with van der Waals surface area (Å²) in [5.41, 5.74) is 5.67. The summed E-state index contributed by atoms with van der Waals surface area (Å²) in [4.78, 5) is 2.23. The van der Waals surface area contributed by atoms with Crippen LogP contribution in [0.5, 0.6) is 0 Å². The quantitative estimate of drug-likeness (QED) is 0.471. The normalized spacial score (nSPS) is 14.3. The van der Waals surface area contributed by atoms with E-state index in [1.807, 2.05) is 54.6 Å². The summed E-state index contributed by atoms with van der Waals surface area (Å²) in [7, 11) is 2.08. The smallest absolute Gasteiger partial charge is 0.138 e. The number of hydrogen-bond donors (Lipinski definition) is 0. The summed E-state index contributed by atoms with van der Waals surface area (Å²) in [6, 6.07) is 21.6. The fourth-order valence-electron chi connectivity index (χ4n) is 4.01. The van der Waals surface area contributed by atoms with Crippen molar-refractivity contribution < 1.29 is 4.39 Å². The third-order valence-electron chi connectivity index (χ3n) is 5.46. The van der Waals surface area contributed by atoms with Crippen molar-refractivity contribution in [3.63, 3.8) is 0 Å². The van der Waals surface area contributed by atoms with Gasteiger partial charge in [0, 0.05) is 35.8 Å². The molecule has 4 aromatic rings. The predicted octanol–water partition coefficient (Wildman–Crippen LogP) is 5.31. The SMILES string of the molecule is CN1CC=C(c2ccc3ccccc3c2F)c2ccc(-c3cccnn3)cc2C1. The highest BCUT2D eigenvalue weighted by atomic mass is 19.1. The molecule has 0 unspecified atom stereocenters. The largest absolute Gasteiger partial charge is 0.298 e. The van der Waals surface area contributed by atoms with Gasteiger partial charge in [-0.3, -0.25) is 4.90 Å². The first kappa shape index (κ1) is 17.7. The molecule has 142 valence electrons. The van der Waals surface area contributed by atoms with Crippen LogP contribution in [0.4, 0.5) is 4.39 Å². The van der Waals surface area contributed by atoms with Crippen LogP contribution in [-0.2, 0) is 6.54 Å². The molecule has 0 amide bonds. The summed E-state index contributed by atoms with van der Waals surface area (Å²) in [5.74, 6) is -0.164. The molecule has 0 saturated carbocycles. The lowest BCUT2D eigenvalue weighted by Gasteiger charge is -2.16. The zero-order valence-electron chi connectivity index (χ0n) is 16.1. The minimum absolute atomic E-state index is 0.164. The minimum Gasteiger partial charge on any atom is -0.298 e. The zero-order chi connectivity index (χ0) is 19.8. The Kier molecular flexibility index (Phi) is 4.41. The second kappa shape index (κ2) is 7.22. The van der Waals surface area contributed by atoms with Crippen LogP contribution in [0.3, 0.4) is 0 Å². The maximum absolute atomic E-state index is 15.4. The van der Waals surface area contributed by atoms with Crippen LogP contribution < -0.4 is 0 Å². The molecule has 0 spiro atoms. The third-order valence-corrected chi connectivity index (χ3v) is 5.46. The van der Waals surface area contributed by atoms with E-state index < -0.39 is 0 Å². The summed E-state index contributed by atoms with van der Waals surface area (Å²) < 4.78 is 15.4. The number of rotatable bonds is 2. The van der Waals surface area contributed by atoms with E-state index in [-0.39, 0.29) is 5.82 Å². The van der Waals surface area contributed by atoms with Gasteiger partial charge in [-0.15, -0.1) is 0 Å². The molecule has 0 radical (unpaired) electrons. The molecule has 0 N–H and O–H groups in total. The Hall–Kier alpha value is -3.37. The van der Waals surface area contributed by atoms with Gasteiger partial charge in [0.15, 0.2) is 0 Å². The highest BCUT2D eigenvalue weighted by Gasteiger charge is 2.20. The van der Waals surface area contributed by atoms with E-state index in [9.17, 15) is 0 Å². The lowest BCUT2D eigenvalue weighted by Crippen LogP contribution is -2.16. The number of aromatic nitrogens is 2. The molecule has 5 rings (SSSR count). The molecule has 0 fully saturated rings. The maximum atomic E-state index is 15.4. The fraction of sp³-hybridized carbons (Fsp3) is 0.120. The standard InChI is InChI=1S/C25H20FN3/c1-29-14-12-22(23-11-8-17-5-2-3-6-21(17)25(23)26)20-10-9-18(15-19(20)16-29)24-7-4-13-27-28-24/h2-13,15H,14,16H2,1H3. The second-order valence-electron chi connectivity index (χ2n) is 7.44. The Morgan fingerprint density at radius 1 is 0.931 bits per heavy atom. The Morgan fingerprint density at radius 2 is 1.79 bits per heavy atom. The van der Waals surface area contributed by atoms with E-state index in [4.69, 9.17) is 0 Å². The summed E-state index contributed by atoms with van der Waals surface area (Å²) in [6.07, 6.45) is 3.80. The molecule has 1 aliphatic rings. The van der Waals surface area contributed by atoms with E-state index in [0.29, 0.717) is 10.9 Å². The van der Waals surface area contributed by atoms with Crippen molar-refractivity contribution in [1.82, 2.24) is 15.1 Å². The van der Waals surface area contributed by atoms with Crippen LogP contribution >= 0.6 is 0 Å². The summed E-state index contributed by atoms with van der Waals surface area (Å²) >= 11 is 0. The molecule has 0 saturated heterocycles. The van der Waals surface area contributed by atoms with Gasteiger partial charge in [-0.1, -0.05) is 54.6 Å². The molecule has 3 nitrogen and oxygen atoms in total. The number of likely N-dealkylation sites (N-methyl/N-ethyl adjacent to an activating group) is 1.